The van der Waals surface area contributed by atoms with Crippen molar-refractivity contribution >= 4 is 131 Å². The smallest absolute Gasteiger partial charge is 0.136 e. The molecule has 0 aliphatic heterocycles. The second-order valence-corrected chi connectivity index (χ2v) is 39.5. The minimum absolute atomic E-state index is 0.0869. The van der Waals surface area contributed by atoms with E-state index in [9.17, 15) is 0 Å². The highest BCUT2D eigenvalue weighted by atomic mass is 16.3. The summed E-state index contributed by atoms with van der Waals surface area (Å²) >= 11 is 0. The molecule has 32 rings (SSSR count). The SMILES string of the molecule is CC1(C)c2ccccc2-c2c1ccc1oc3ccc(-c4c5ccccc5c(-c5ccc6oc7ccc8c(c7c6c5)-c5ccccc5C8(C)C)c5ccccc45)cc3c21.c1ccc2c(c1)-c1ccccc1C21c2ccccc2-c2c1ccc1oc3cc(-c4c5ccccc5c(-c5ccc6oc7ccc8c(c7c6c5)-c5ccccc5C85c6ccccc6-c6ccccc65)c5ccccc45)ccc3c21. The molecule has 2 spiro atoms. The first-order valence-electron chi connectivity index (χ1n) is 47.7. The minimum atomic E-state index is -0.439. The molecule has 0 bridgehead atoms. The molecular formula is C132H80O4. The van der Waals surface area contributed by atoms with Gasteiger partial charge in [0.05, 0.1) is 10.8 Å². The van der Waals surface area contributed by atoms with Crippen LogP contribution in [0.5, 0.6) is 0 Å². The highest BCUT2D eigenvalue weighted by molar-refractivity contribution is 6.28. The monoisotopic (exact) mass is 1730 g/mol. The molecule has 0 amide bonds. The Morgan fingerprint density at radius 2 is 0.353 bits per heavy atom. The fourth-order valence-electron chi connectivity index (χ4n) is 27.1. The summed E-state index contributed by atoms with van der Waals surface area (Å²) in [6, 6.07) is 153. The van der Waals surface area contributed by atoms with Crippen molar-refractivity contribution in [3.63, 3.8) is 0 Å². The van der Waals surface area contributed by atoms with Crippen molar-refractivity contribution in [3.8, 4) is 111 Å². The molecule has 632 valence electrons. The van der Waals surface area contributed by atoms with E-state index in [-0.39, 0.29) is 10.8 Å². The van der Waals surface area contributed by atoms with Gasteiger partial charge in [0.2, 0.25) is 0 Å². The van der Waals surface area contributed by atoms with E-state index in [4.69, 9.17) is 17.7 Å². The van der Waals surface area contributed by atoms with Crippen LogP contribution < -0.4 is 0 Å². The topological polar surface area (TPSA) is 52.6 Å². The van der Waals surface area contributed by atoms with Gasteiger partial charge in [-0.15, -0.1) is 0 Å². The molecule has 4 aromatic heterocycles. The first-order valence-corrected chi connectivity index (χ1v) is 47.7. The average Bonchev–Trinajstić information content (AvgIpc) is 1.44. The Balaban J connectivity index is 0.000000132. The van der Waals surface area contributed by atoms with Crippen molar-refractivity contribution in [1.29, 1.82) is 0 Å². The Morgan fingerprint density at radius 1 is 0.140 bits per heavy atom. The van der Waals surface area contributed by atoms with E-state index < -0.39 is 10.8 Å². The molecule has 4 heterocycles. The van der Waals surface area contributed by atoms with E-state index in [2.05, 4.69) is 440 Å². The number of hydrogen-bond donors (Lipinski definition) is 0. The summed E-state index contributed by atoms with van der Waals surface area (Å²) in [6.45, 7) is 9.37. The molecule has 6 aliphatic carbocycles. The highest BCUT2D eigenvalue weighted by Gasteiger charge is 2.55. The van der Waals surface area contributed by atoms with E-state index in [0.29, 0.717) is 0 Å². The molecule has 0 atom stereocenters. The third-order valence-electron chi connectivity index (χ3n) is 32.6. The standard InChI is InChI=1S/C76H42O2.C56H38O2/c1-3-23-51-49(21-1)69(43-34-38-65-56(41-43)74-67(77-65)40-37-64-72(74)54-26-10-16-32-62(54)76(64)59-29-13-7-19-47(59)48-20-8-14-30-60(48)76)50-22-2-4-24-52(50)70(51)44-33-35-55-68(42-44)78-66-39-36-63-71(73(55)66)53-25-9-15-31-61(53)75(63)57-27-11-5-17-45(57)46-18-6-12-28-58(46)75;1-55(2)41-19-11-9-17-37(41)51-43(55)23-27-47-53(51)39-29-31(21-25-45(39)57-47)49-33-13-5-7-15-35(33)50(36-16-8-6-14-34(36)49)32-22-26-46-40(30-32)54-48(58-46)28-24-44-52(54)38-18-10-12-20-42(38)56(44,3)4/h1-42H;5-30H,1-4H3. The summed E-state index contributed by atoms with van der Waals surface area (Å²) in [4.78, 5) is 0. The lowest BCUT2D eigenvalue weighted by Gasteiger charge is -2.30. The van der Waals surface area contributed by atoms with Crippen molar-refractivity contribution in [2.45, 2.75) is 49.4 Å². The number of benzene rings is 22. The Labute approximate surface area is 782 Å². The molecule has 0 unspecified atom stereocenters. The zero-order chi connectivity index (χ0) is 89.2. The summed E-state index contributed by atoms with van der Waals surface area (Å²) in [7, 11) is 0. The van der Waals surface area contributed by atoms with Gasteiger partial charge in [-0.1, -0.05) is 367 Å². The maximum absolute atomic E-state index is 7.04. The third-order valence-corrected chi connectivity index (χ3v) is 32.6. The zero-order valence-electron chi connectivity index (χ0n) is 74.9. The van der Waals surface area contributed by atoms with Gasteiger partial charge in [-0.25, -0.2) is 0 Å². The maximum Gasteiger partial charge on any atom is 0.136 e. The van der Waals surface area contributed by atoms with Crippen LogP contribution in [0, 0.1) is 0 Å². The van der Waals surface area contributed by atoms with Crippen LogP contribution in [0.15, 0.2) is 430 Å². The van der Waals surface area contributed by atoms with E-state index in [1.807, 2.05) is 0 Å². The Bertz CT molecular complexity index is 9530. The Kier molecular flexibility index (Phi) is 14.6. The minimum Gasteiger partial charge on any atom is -0.456 e. The molecule has 136 heavy (non-hydrogen) atoms. The first kappa shape index (κ1) is 74.7. The van der Waals surface area contributed by atoms with E-state index in [1.165, 1.54) is 232 Å². The molecule has 4 heteroatoms. The summed E-state index contributed by atoms with van der Waals surface area (Å²) in [5.41, 5.74) is 47.4. The third kappa shape index (κ3) is 9.34. The highest BCUT2D eigenvalue weighted by Crippen LogP contribution is 2.68. The number of hydrogen-bond acceptors (Lipinski definition) is 4. The fourth-order valence-corrected chi connectivity index (χ4v) is 27.1. The van der Waals surface area contributed by atoms with Crippen molar-refractivity contribution in [3.05, 3.63) is 479 Å². The molecule has 0 N–H and O–H groups in total. The largest absolute Gasteiger partial charge is 0.456 e. The van der Waals surface area contributed by atoms with Gasteiger partial charge in [0.15, 0.2) is 0 Å². The lowest BCUT2D eigenvalue weighted by molar-refractivity contribution is 0.656. The van der Waals surface area contributed by atoms with Crippen LogP contribution in [0.1, 0.15) is 94.5 Å². The van der Waals surface area contributed by atoms with Gasteiger partial charge in [-0.05, 0) is 294 Å². The van der Waals surface area contributed by atoms with Crippen LogP contribution in [0.25, 0.3) is 242 Å². The van der Waals surface area contributed by atoms with E-state index >= 15 is 0 Å². The normalized spacial score (nSPS) is 14.6. The number of fused-ring (bicyclic) bond motifs is 46. The van der Waals surface area contributed by atoms with Gasteiger partial charge in [0.25, 0.3) is 0 Å². The molecule has 0 saturated carbocycles. The quantitative estimate of drug-likeness (QED) is 0.165. The molecule has 6 aliphatic rings. The Hall–Kier alpha value is -16.9. The average molecular weight is 1730 g/mol. The van der Waals surface area contributed by atoms with Crippen LogP contribution in [0.2, 0.25) is 0 Å². The van der Waals surface area contributed by atoms with Crippen molar-refractivity contribution in [1.82, 2.24) is 0 Å². The van der Waals surface area contributed by atoms with Crippen molar-refractivity contribution in [2.24, 2.45) is 0 Å². The Morgan fingerprint density at radius 3 is 0.662 bits per heavy atom. The van der Waals surface area contributed by atoms with Gasteiger partial charge in [0.1, 0.15) is 44.7 Å². The molecule has 22 aromatic carbocycles. The maximum atomic E-state index is 7.04. The van der Waals surface area contributed by atoms with Crippen LogP contribution in [-0.4, -0.2) is 0 Å². The summed E-state index contributed by atoms with van der Waals surface area (Å²) in [5.74, 6) is 0. The summed E-state index contributed by atoms with van der Waals surface area (Å²) < 4.78 is 27.1. The summed E-state index contributed by atoms with van der Waals surface area (Å²) in [5, 5.41) is 19.0. The lowest BCUT2D eigenvalue weighted by Crippen LogP contribution is -2.25. The van der Waals surface area contributed by atoms with Gasteiger partial charge >= 0.3 is 0 Å². The fraction of sp³-hybridized carbons (Fsp3) is 0.0606. The van der Waals surface area contributed by atoms with Crippen LogP contribution in [0.3, 0.4) is 0 Å². The van der Waals surface area contributed by atoms with E-state index in [1.54, 1.807) is 0 Å². The van der Waals surface area contributed by atoms with Gasteiger partial charge in [0, 0.05) is 53.9 Å². The van der Waals surface area contributed by atoms with Gasteiger partial charge in [-0.3, -0.25) is 0 Å². The molecule has 26 aromatic rings. The predicted octanol–water partition coefficient (Wildman–Crippen LogP) is 35.6. The van der Waals surface area contributed by atoms with Gasteiger partial charge < -0.3 is 17.7 Å². The van der Waals surface area contributed by atoms with E-state index in [0.717, 1.165) is 77.3 Å². The molecule has 0 fully saturated rings. The molecular weight excluding hydrogens is 1650 g/mol. The number of rotatable bonds is 4. The second-order valence-electron chi connectivity index (χ2n) is 39.5. The predicted molar refractivity (Wildman–Crippen MR) is 561 cm³/mol. The van der Waals surface area contributed by atoms with Crippen molar-refractivity contribution < 1.29 is 17.7 Å². The van der Waals surface area contributed by atoms with Crippen molar-refractivity contribution in [2.75, 3.05) is 0 Å². The second kappa shape index (κ2) is 26.5. The first-order chi connectivity index (χ1) is 67.0. The van der Waals surface area contributed by atoms with Crippen LogP contribution in [0.4, 0.5) is 0 Å². The van der Waals surface area contributed by atoms with Gasteiger partial charge in [-0.2, -0.15) is 0 Å². The van der Waals surface area contributed by atoms with Crippen LogP contribution in [-0.2, 0) is 21.7 Å². The zero-order valence-corrected chi connectivity index (χ0v) is 74.9. The molecule has 0 saturated heterocycles. The molecule has 0 radical (unpaired) electrons. The molecule has 4 nitrogen and oxygen atoms in total. The van der Waals surface area contributed by atoms with Crippen LogP contribution >= 0.6 is 0 Å². The number of furan rings is 4. The lowest BCUT2D eigenvalue weighted by atomic mass is 9.70. The summed E-state index contributed by atoms with van der Waals surface area (Å²) in [6.07, 6.45) is 0.